The summed E-state index contributed by atoms with van der Waals surface area (Å²) >= 11 is 0. The molecule has 0 aliphatic heterocycles. The van der Waals surface area contributed by atoms with Crippen molar-refractivity contribution in [2.24, 2.45) is 5.41 Å². The summed E-state index contributed by atoms with van der Waals surface area (Å²) in [5.41, 5.74) is 0.0794. The van der Waals surface area contributed by atoms with Crippen LogP contribution in [0, 0.1) is 16.7 Å². The molecule has 1 aliphatic carbocycles. The Labute approximate surface area is 87.5 Å². The summed E-state index contributed by atoms with van der Waals surface area (Å²) in [7, 11) is 0. The Morgan fingerprint density at radius 3 is 3.00 bits per heavy atom. The average molecular weight is 204 g/mol. The first kappa shape index (κ1) is 9.71. The molecule has 1 fully saturated rings. The average Bonchev–Trinajstić information content (AvgIpc) is 2.66. The van der Waals surface area contributed by atoms with Crippen molar-refractivity contribution in [2.75, 3.05) is 0 Å². The molecule has 5 nitrogen and oxygen atoms in total. The standard InChI is InChI=1S/C10H12N4O/c11-6-10(2-1-3-10)9(15)13-5-8-4-12-7-14-8/h4,7H,1-3,5H2,(H,12,14)(H,13,15). The fourth-order valence-corrected chi connectivity index (χ4v) is 1.65. The van der Waals surface area contributed by atoms with E-state index in [4.69, 9.17) is 5.26 Å². The molecular formula is C10H12N4O. The number of carbonyl (C=O) groups is 1. The predicted molar refractivity (Wildman–Crippen MR) is 52.3 cm³/mol. The van der Waals surface area contributed by atoms with Crippen LogP contribution in [0.2, 0.25) is 0 Å². The van der Waals surface area contributed by atoms with Crippen LogP contribution in [0.5, 0.6) is 0 Å². The van der Waals surface area contributed by atoms with Gasteiger partial charge in [0.15, 0.2) is 0 Å². The minimum Gasteiger partial charge on any atom is -0.349 e. The van der Waals surface area contributed by atoms with Crippen molar-refractivity contribution >= 4 is 5.91 Å². The highest BCUT2D eigenvalue weighted by Gasteiger charge is 2.44. The van der Waals surface area contributed by atoms with Gasteiger partial charge in [-0.3, -0.25) is 4.79 Å². The number of amides is 1. The van der Waals surface area contributed by atoms with Crippen molar-refractivity contribution in [1.29, 1.82) is 5.26 Å². The molecule has 78 valence electrons. The third-order valence-electron chi connectivity index (χ3n) is 2.85. The van der Waals surface area contributed by atoms with E-state index < -0.39 is 5.41 Å². The number of aromatic nitrogens is 2. The number of aromatic amines is 1. The maximum atomic E-state index is 11.7. The van der Waals surface area contributed by atoms with Gasteiger partial charge in [-0.05, 0) is 19.3 Å². The van der Waals surface area contributed by atoms with Gasteiger partial charge in [-0.25, -0.2) is 4.98 Å². The van der Waals surface area contributed by atoms with E-state index in [1.165, 1.54) is 0 Å². The molecule has 0 aromatic carbocycles. The van der Waals surface area contributed by atoms with E-state index in [-0.39, 0.29) is 5.91 Å². The molecular weight excluding hydrogens is 192 g/mol. The molecule has 2 rings (SSSR count). The lowest BCUT2D eigenvalue weighted by Crippen LogP contribution is -2.44. The Morgan fingerprint density at radius 1 is 1.73 bits per heavy atom. The summed E-state index contributed by atoms with van der Waals surface area (Å²) in [6.07, 6.45) is 5.53. The predicted octanol–water partition coefficient (Wildman–Crippen LogP) is 0.720. The zero-order valence-corrected chi connectivity index (χ0v) is 8.29. The minimum atomic E-state index is -0.764. The molecule has 5 heteroatoms. The number of nitrogens with zero attached hydrogens (tertiary/aromatic N) is 2. The smallest absolute Gasteiger partial charge is 0.240 e. The summed E-state index contributed by atoms with van der Waals surface area (Å²) < 4.78 is 0. The molecule has 1 aromatic heterocycles. The Morgan fingerprint density at radius 2 is 2.53 bits per heavy atom. The number of H-pyrrole nitrogens is 1. The number of hydrogen-bond donors (Lipinski definition) is 2. The van der Waals surface area contributed by atoms with Crippen LogP contribution in [0.3, 0.4) is 0 Å². The molecule has 0 saturated heterocycles. The zero-order valence-electron chi connectivity index (χ0n) is 8.29. The van der Waals surface area contributed by atoms with Gasteiger partial charge in [0.2, 0.25) is 5.91 Å². The second-order valence-corrected chi connectivity index (χ2v) is 3.81. The lowest BCUT2D eigenvalue weighted by Gasteiger charge is -2.33. The molecule has 15 heavy (non-hydrogen) atoms. The normalized spacial score (nSPS) is 17.5. The van der Waals surface area contributed by atoms with Crippen LogP contribution < -0.4 is 5.32 Å². The van der Waals surface area contributed by atoms with Gasteiger partial charge in [-0.2, -0.15) is 5.26 Å². The molecule has 1 amide bonds. The first-order valence-corrected chi connectivity index (χ1v) is 4.94. The highest BCUT2D eigenvalue weighted by Crippen LogP contribution is 2.40. The summed E-state index contributed by atoms with van der Waals surface area (Å²) in [4.78, 5) is 18.4. The Balaban J connectivity index is 1.90. The van der Waals surface area contributed by atoms with Gasteiger partial charge in [0.1, 0.15) is 5.41 Å². The third-order valence-corrected chi connectivity index (χ3v) is 2.85. The van der Waals surface area contributed by atoms with Crippen molar-refractivity contribution < 1.29 is 4.79 Å². The number of imidazole rings is 1. The molecule has 0 unspecified atom stereocenters. The van der Waals surface area contributed by atoms with Crippen LogP contribution >= 0.6 is 0 Å². The Bertz CT molecular complexity index is 386. The first-order chi connectivity index (χ1) is 7.27. The van der Waals surface area contributed by atoms with E-state index in [2.05, 4.69) is 21.4 Å². The number of nitrogens with one attached hydrogen (secondary N) is 2. The van der Waals surface area contributed by atoms with Crippen molar-refractivity contribution in [3.8, 4) is 6.07 Å². The molecule has 1 aliphatic rings. The van der Waals surface area contributed by atoms with Gasteiger partial charge in [0.25, 0.3) is 0 Å². The number of nitriles is 1. The Hall–Kier alpha value is -1.83. The highest BCUT2D eigenvalue weighted by atomic mass is 16.2. The van der Waals surface area contributed by atoms with Gasteiger partial charge in [-0.15, -0.1) is 0 Å². The van der Waals surface area contributed by atoms with E-state index in [0.29, 0.717) is 19.4 Å². The fourth-order valence-electron chi connectivity index (χ4n) is 1.65. The van der Waals surface area contributed by atoms with Crippen LogP contribution in [0.15, 0.2) is 12.5 Å². The van der Waals surface area contributed by atoms with Crippen LogP contribution in [0.4, 0.5) is 0 Å². The summed E-state index contributed by atoms with van der Waals surface area (Å²) in [5, 5.41) is 11.7. The van der Waals surface area contributed by atoms with Crippen molar-refractivity contribution in [3.63, 3.8) is 0 Å². The molecule has 0 spiro atoms. The molecule has 1 heterocycles. The van der Waals surface area contributed by atoms with Crippen LogP contribution in [0.25, 0.3) is 0 Å². The van der Waals surface area contributed by atoms with Gasteiger partial charge >= 0.3 is 0 Å². The van der Waals surface area contributed by atoms with E-state index in [1.54, 1.807) is 12.5 Å². The molecule has 0 bridgehead atoms. The quantitative estimate of drug-likeness (QED) is 0.761. The van der Waals surface area contributed by atoms with Gasteiger partial charge < -0.3 is 10.3 Å². The van der Waals surface area contributed by atoms with Gasteiger partial charge in [0, 0.05) is 6.20 Å². The van der Waals surface area contributed by atoms with Crippen molar-refractivity contribution in [1.82, 2.24) is 15.3 Å². The second kappa shape index (κ2) is 3.73. The number of hydrogen-bond acceptors (Lipinski definition) is 3. The summed E-state index contributed by atoms with van der Waals surface area (Å²) in [6, 6.07) is 2.11. The monoisotopic (exact) mass is 204 g/mol. The van der Waals surface area contributed by atoms with E-state index >= 15 is 0 Å². The van der Waals surface area contributed by atoms with Crippen LogP contribution in [0.1, 0.15) is 25.0 Å². The minimum absolute atomic E-state index is 0.161. The summed E-state index contributed by atoms with van der Waals surface area (Å²) in [5.74, 6) is -0.161. The lowest BCUT2D eigenvalue weighted by atomic mass is 9.69. The Kier molecular flexibility index (Phi) is 2.42. The van der Waals surface area contributed by atoms with Gasteiger partial charge in [0.05, 0.1) is 24.6 Å². The van der Waals surface area contributed by atoms with E-state index in [0.717, 1.165) is 12.1 Å². The molecule has 1 saturated carbocycles. The molecule has 1 aromatic rings. The number of carbonyl (C=O) groups excluding carboxylic acids is 1. The van der Waals surface area contributed by atoms with Crippen LogP contribution in [-0.2, 0) is 11.3 Å². The summed E-state index contributed by atoms with van der Waals surface area (Å²) in [6.45, 7) is 0.405. The first-order valence-electron chi connectivity index (χ1n) is 4.94. The highest BCUT2D eigenvalue weighted by molar-refractivity contribution is 5.86. The van der Waals surface area contributed by atoms with Crippen LogP contribution in [-0.4, -0.2) is 15.9 Å². The second-order valence-electron chi connectivity index (χ2n) is 3.81. The van der Waals surface area contributed by atoms with E-state index in [9.17, 15) is 4.79 Å². The van der Waals surface area contributed by atoms with Crippen molar-refractivity contribution in [3.05, 3.63) is 18.2 Å². The largest absolute Gasteiger partial charge is 0.349 e. The number of rotatable bonds is 3. The third kappa shape index (κ3) is 1.71. The molecule has 2 N–H and O–H groups in total. The van der Waals surface area contributed by atoms with Crippen molar-refractivity contribution in [2.45, 2.75) is 25.8 Å². The van der Waals surface area contributed by atoms with E-state index in [1.807, 2.05) is 0 Å². The molecule has 0 radical (unpaired) electrons. The fraction of sp³-hybridized carbons (Fsp3) is 0.500. The SMILES string of the molecule is N#CC1(C(=O)NCc2cnc[nH]2)CCC1. The lowest BCUT2D eigenvalue weighted by molar-refractivity contribution is -0.131. The maximum Gasteiger partial charge on any atom is 0.240 e. The maximum absolute atomic E-state index is 11.7. The topological polar surface area (TPSA) is 81.6 Å². The zero-order chi connectivity index (χ0) is 10.7. The molecule has 0 atom stereocenters. The van der Waals surface area contributed by atoms with Gasteiger partial charge in [-0.1, -0.05) is 0 Å².